The first-order valence-corrected chi connectivity index (χ1v) is 7.74. The van der Waals surface area contributed by atoms with Crippen molar-refractivity contribution in [3.8, 4) is 5.69 Å². The molecule has 1 aliphatic rings. The number of halogens is 1. The lowest BCUT2D eigenvalue weighted by Crippen LogP contribution is -2.57. The van der Waals surface area contributed by atoms with Crippen molar-refractivity contribution in [1.82, 2.24) is 20.0 Å². The number of amides is 1. The van der Waals surface area contributed by atoms with Gasteiger partial charge in [0.2, 0.25) is 0 Å². The number of hydrogen-bond acceptors (Lipinski definition) is 3. The second-order valence-electron chi connectivity index (χ2n) is 5.90. The average molecular weight is 335 g/mol. The maximum Gasteiger partial charge on any atom is 0.274 e. The number of aryl methyl sites for hydroxylation is 1. The zero-order valence-electron chi connectivity index (χ0n) is 13.7. The van der Waals surface area contributed by atoms with E-state index in [0.717, 1.165) is 24.5 Å². The molecule has 1 N–H and O–H groups in total. The minimum absolute atomic E-state index is 0. The Kier molecular flexibility index (Phi) is 5.44. The van der Waals surface area contributed by atoms with Gasteiger partial charge in [-0.05, 0) is 39.0 Å². The number of para-hydroxylation sites is 1. The van der Waals surface area contributed by atoms with Gasteiger partial charge in [0.1, 0.15) is 0 Å². The zero-order valence-corrected chi connectivity index (χ0v) is 14.5. The predicted molar refractivity (Wildman–Crippen MR) is 93.5 cm³/mol. The van der Waals surface area contributed by atoms with Crippen LogP contribution in [-0.2, 0) is 0 Å². The van der Waals surface area contributed by atoms with Crippen LogP contribution in [0.25, 0.3) is 5.69 Å². The Morgan fingerprint density at radius 2 is 1.96 bits per heavy atom. The topological polar surface area (TPSA) is 50.2 Å². The first kappa shape index (κ1) is 17.5. The molecule has 2 atom stereocenters. The van der Waals surface area contributed by atoms with Crippen molar-refractivity contribution >= 4 is 18.3 Å². The van der Waals surface area contributed by atoms with Crippen LogP contribution in [0.2, 0.25) is 0 Å². The molecule has 2 heterocycles. The molecule has 2 aromatic rings. The van der Waals surface area contributed by atoms with Crippen LogP contribution in [0.15, 0.2) is 36.4 Å². The van der Waals surface area contributed by atoms with Crippen molar-refractivity contribution in [2.75, 3.05) is 13.1 Å². The fourth-order valence-electron chi connectivity index (χ4n) is 2.90. The molecule has 2 unspecified atom stereocenters. The third-order valence-electron chi connectivity index (χ3n) is 4.40. The second kappa shape index (κ2) is 7.15. The molecule has 0 spiro atoms. The number of nitrogens with one attached hydrogen (secondary N) is 1. The Hall–Kier alpha value is -1.85. The highest BCUT2D eigenvalue weighted by Crippen LogP contribution is 2.16. The summed E-state index contributed by atoms with van der Waals surface area (Å²) >= 11 is 0. The van der Waals surface area contributed by atoms with Gasteiger partial charge in [-0.2, -0.15) is 5.10 Å². The van der Waals surface area contributed by atoms with Crippen LogP contribution in [-0.4, -0.2) is 45.8 Å². The van der Waals surface area contributed by atoms with Crippen LogP contribution in [0.3, 0.4) is 0 Å². The summed E-state index contributed by atoms with van der Waals surface area (Å²) < 4.78 is 1.82. The molecule has 1 saturated heterocycles. The monoisotopic (exact) mass is 334 g/mol. The molecular weight excluding hydrogens is 312 g/mol. The molecule has 1 aromatic carbocycles. The Morgan fingerprint density at radius 3 is 2.65 bits per heavy atom. The smallest absolute Gasteiger partial charge is 0.274 e. The van der Waals surface area contributed by atoms with E-state index in [1.54, 1.807) is 0 Å². The SMILES string of the molecule is Cc1cc(C(=O)N2CCNC(C)C2C)nn1-c1ccccc1.Cl. The lowest BCUT2D eigenvalue weighted by Gasteiger charge is -2.38. The number of hydrogen-bond donors (Lipinski definition) is 1. The Morgan fingerprint density at radius 1 is 1.26 bits per heavy atom. The summed E-state index contributed by atoms with van der Waals surface area (Å²) in [6, 6.07) is 12.2. The molecule has 3 rings (SSSR count). The molecule has 1 amide bonds. The predicted octanol–water partition coefficient (Wildman–Crippen LogP) is 2.42. The summed E-state index contributed by atoms with van der Waals surface area (Å²) in [4.78, 5) is 14.7. The highest BCUT2D eigenvalue weighted by molar-refractivity contribution is 5.92. The van der Waals surface area contributed by atoms with E-state index < -0.39 is 0 Å². The summed E-state index contributed by atoms with van der Waals surface area (Å²) in [6.07, 6.45) is 0. The van der Waals surface area contributed by atoms with E-state index in [-0.39, 0.29) is 24.4 Å². The van der Waals surface area contributed by atoms with Crippen LogP contribution in [0.4, 0.5) is 0 Å². The van der Waals surface area contributed by atoms with Gasteiger partial charge in [-0.25, -0.2) is 4.68 Å². The number of rotatable bonds is 2. The summed E-state index contributed by atoms with van der Waals surface area (Å²) in [5.41, 5.74) is 2.45. The van der Waals surface area contributed by atoms with E-state index >= 15 is 0 Å². The zero-order chi connectivity index (χ0) is 15.7. The molecular formula is C17H23ClN4O. The number of carbonyl (C=O) groups excluding carboxylic acids is 1. The molecule has 0 radical (unpaired) electrons. The number of piperazine rings is 1. The highest BCUT2D eigenvalue weighted by Gasteiger charge is 2.30. The van der Waals surface area contributed by atoms with Crippen molar-refractivity contribution in [1.29, 1.82) is 0 Å². The van der Waals surface area contributed by atoms with Gasteiger partial charge >= 0.3 is 0 Å². The highest BCUT2D eigenvalue weighted by atomic mass is 35.5. The maximum absolute atomic E-state index is 12.8. The molecule has 0 bridgehead atoms. The molecule has 1 fully saturated rings. The molecule has 1 aromatic heterocycles. The first-order chi connectivity index (χ1) is 10.6. The van der Waals surface area contributed by atoms with Crippen molar-refractivity contribution in [3.05, 3.63) is 47.8 Å². The van der Waals surface area contributed by atoms with Gasteiger partial charge in [-0.15, -0.1) is 12.4 Å². The lowest BCUT2D eigenvalue weighted by molar-refractivity contribution is 0.0596. The van der Waals surface area contributed by atoms with E-state index in [2.05, 4.69) is 24.3 Å². The van der Waals surface area contributed by atoms with Gasteiger partial charge in [0.05, 0.1) is 5.69 Å². The van der Waals surface area contributed by atoms with Crippen LogP contribution in [0.5, 0.6) is 0 Å². The molecule has 1 aliphatic heterocycles. The molecule has 5 nitrogen and oxygen atoms in total. The van der Waals surface area contributed by atoms with Crippen LogP contribution < -0.4 is 5.32 Å². The fourth-order valence-corrected chi connectivity index (χ4v) is 2.90. The number of aromatic nitrogens is 2. The largest absolute Gasteiger partial charge is 0.332 e. The summed E-state index contributed by atoms with van der Waals surface area (Å²) in [7, 11) is 0. The third-order valence-corrected chi connectivity index (χ3v) is 4.40. The Labute approximate surface area is 143 Å². The van der Waals surface area contributed by atoms with E-state index in [9.17, 15) is 4.79 Å². The van der Waals surface area contributed by atoms with Crippen molar-refractivity contribution in [2.24, 2.45) is 0 Å². The standard InChI is InChI=1S/C17H22N4O.ClH/c1-12-11-16(19-21(12)15-7-5-4-6-8-15)17(22)20-10-9-18-13(2)14(20)3;/h4-8,11,13-14,18H,9-10H2,1-3H3;1H. The molecule has 0 saturated carbocycles. The Balaban J connectivity index is 0.00000192. The van der Waals surface area contributed by atoms with Gasteiger partial charge in [-0.1, -0.05) is 18.2 Å². The maximum atomic E-state index is 12.8. The first-order valence-electron chi connectivity index (χ1n) is 7.74. The van der Waals surface area contributed by atoms with Crippen molar-refractivity contribution in [2.45, 2.75) is 32.9 Å². The van der Waals surface area contributed by atoms with E-state index in [1.807, 2.05) is 52.9 Å². The molecule has 0 aliphatic carbocycles. The van der Waals surface area contributed by atoms with E-state index in [0.29, 0.717) is 11.7 Å². The van der Waals surface area contributed by atoms with E-state index in [1.165, 1.54) is 0 Å². The van der Waals surface area contributed by atoms with Crippen molar-refractivity contribution < 1.29 is 4.79 Å². The minimum Gasteiger partial charge on any atom is -0.332 e. The quantitative estimate of drug-likeness (QED) is 0.917. The van der Waals surface area contributed by atoms with Gasteiger partial charge in [0, 0.05) is 30.9 Å². The van der Waals surface area contributed by atoms with Crippen LogP contribution in [0, 0.1) is 6.92 Å². The van der Waals surface area contributed by atoms with Gasteiger partial charge in [0.25, 0.3) is 5.91 Å². The number of carbonyl (C=O) groups is 1. The molecule has 23 heavy (non-hydrogen) atoms. The fraction of sp³-hybridized carbons (Fsp3) is 0.412. The molecule has 6 heteroatoms. The third kappa shape index (κ3) is 3.41. The van der Waals surface area contributed by atoms with Gasteiger partial charge < -0.3 is 10.2 Å². The second-order valence-corrected chi connectivity index (χ2v) is 5.90. The van der Waals surface area contributed by atoms with Crippen molar-refractivity contribution in [3.63, 3.8) is 0 Å². The minimum atomic E-state index is 0. The van der Waals surface area contributed by atoms with Gasteiger partial charge in [0.15, 0.2) is 5.69 Å². The Bertz CT molecular complexity index is 670. The normalized spacial score (nSPS) is 20.9. The number of benzene rings is 1. The number of nitrogens with zero attached hydrogens (tertiary/aromatic N) is 3. The van der Waals surface area contributed by atoms with Crippen LogP contribution in [0.1, 0.15) is 30.0 Å². The van der Waals surface area contributed by atoms with Crippen LogP contribution >= 0.6 is 12.4 Å². The summed E-state index contributed by atoms with van der Waals surface area (Å²) in [6.45, 7) is 7.71. The van der Waals surface area contributed by atoms with Gasteiger partial charge in [-0.3, -0.25) is 4.79 Å². The van der Waals surface area contributed by atoms with E-state index in [4.69, 9.17) is 0 Å². The lowest BCUT2D eigenvalue weighted by atomic mass is 10.1. The average Bonchev–Trinajstić information content (AvgIpc) is 2.92. The summed E-state index contributed by atoms with van der Waals surface area (Å²) in [5, 5.41) is 7.91. The molecule has 124 valence electrons. The summed E-state index contributed by atoms with van der Waals surface area (Å²) in [5.74, 6) is 0.0126.